The van der Waals surface area contributed by atoms with E-state index in [9.17, 15) is 10.2 Å². The average Bonchev–Trinajstić information content (AvgIpc) is 3.09. The molecule has 0 aromatic heterocycles. The molecule has 0 amide bonds. The maximum atomic E-state index is 9.23. The van der Waals surface area contributed by atoms with Crippen molar-refractivity contribution in [3.63, 3.8) is 0 Å². The zero-order valence-electron chi connectivity index (χ0n) is 26.7. The summed E-state index contributed by atoms with van der Waals surface area (Å²) in [6.07, 6.45) is 1.09. The molecule has 0 fully saturated rings. The van der Waals surface area contributed by atoms with Crippen molar-refractivity contribution in [2.45, 2.75) is 33.8 Å². The molecular weight excluding hydrogens is 576 g/mol. The third-order valence-corrected chi connectivity index (χ3v) is 6.97. The Labute approximate surface area is 266 Å². The van der Waals surface area contributed by atoms with Crippen LogP contribution >= 0.6 is 0 Å². The highest BCUT2D eigenvalue weighted by Crippen LogP contribution is 2.24. The Bertz CT molecular complexity index is 1220. The van der Waals surface area contributed by atoms with E-state index in [-0.39, 0.29) is 19.8 Å². The van der Waals surface area contributed by atoms with Crippen LogP contribution in [0.4, 0.5) is 11.4 Å². The van der Waals surface area contributed by atoms with Gasteiger partial charge in [-0.15, -0.1) is 0 Å². The fourth-order valence-corrected chi connectivity index (χ4v) is 3.66. The zero-order chi connectivity index (χ0) is 32.2. The van der Waals surface area contributed by atoms with Crippen LogP contribution in [0.5, 0.6) is 17.2 Å². The minimum absolute atomic E-state index is 0.128. The number of azo groups is 1. The fourth-order valence-electron chi connectivity index (χ4n) is 3.66. The molecule has 0 bridgehead atoms. The first-order chi connectivity index (χ1) is 21.9. The number of benzene rings is 3. The molecule has 3 rings (SSSR count). The Kier molecular flexibility index (Phi) is 16.4. The summed E-state index contributed by atoms with van der Waals surface area (Å²) in [6.45, 7) is 9.86. The molecule has 10 nitrogen and oxygen atoms in total. The largest absolute Gasteiger partial charge is 0.493 e. The molecule has 0 aliphatic rings. The van der Waals surface area contributed by atoms with Gasteiger partial charge in [-0.05, 0) is 72.1 Å². The number of hydrogen-bond donors (Lipinski definition) is 2. The van der Waals surface area contributed by atoms with Crippen molar-refractivity contribution in [1.82, 2.24) is 0 Å². The standard InChI is InChI=1S/C35H48N2O8/c1-4-28(2)23-44-33-13-7-30(8-14-33)36-37-31-9-15-34(16-10-31)45-24-29-5-11-32(12-6-29)43-22-21-41-18-17-40-19-20-42-27-35(3,25-38)26-39/h5-16,28,38-39H,4,17-27H2,1-3H3. The number of ether oxygens (including phenoxy) is 6. The Morgan fingerprint density at radius 2 is 1.09 bits per heavy atom. The fraction of sp³-hybridized carbons (Fsp3) is 0.486. The Hall–Kier alpha value is -3.54. The molecule has 3 aromatic carbocycles. The van der Waals surface area contributed by atoms with Gasteiger partial charge in [0.15, 0.2) is 0 Å². The number of aliphatic hydroxyl groups is 2. The van der Waals surface area contributed by atoms with Crippen LogP contribution in [-0.4, -0.2) is 76.3 Å². The summed E-state index contributed by atoms with van der Waals surface area (Å²) < 4.78 is 33.9. The lowest BCUT2D eigenvalue weighted by molar-refractivity contribution is -0.0387. The van der Waals surface area contributed by atoms with E-state index in [4.69, 9.17) is 28.4 Å². The molecule has 0 aliphatic heterocycles. The Morgan fingerprint density at radius 3 is 1.62 bits per heavy atom. The van der Waals surface area contributed by atoms with Crippen molar-refractivity contribution in [2.75, 3.05) is 66.1 Å². The van der Waals surface area contributed by atoms with Gasteiger partial charge in [0.25, 0.3) is 0 Å². The van der Waals surface area contributed by atoms with Crippen LogP contribution in [0.2, 0.25) is 0 Å². The highest BCUT2D eigenvalue weighted by Gasteiger charge is 2.22. The van der Waals surface area contributed by atoms with Crippen LogP contribution in [-0.2, 0) is 20.8 Å². The molecule has 0 spiro atoms. The summed E-state index contributed by atoms with van der Waals surface area (Å²) in [5.74, 6) is 2.87. The molecule has 0 heterocycles. The molecule has 2 N–H and O–H groups in total. The predicted molar refractivity (Wildman–Crippen MR) is 173 cm³/mol. The van der Waals surface area contributed by atoms with Crippen molar-refractivity contribution in [2.24, 2.45) is 21.6 Å². The highest BCUT2D eigenvalue weighted by molar-refractivity contribution is 5.44. The lowest BCUT2D eigenvalue weighted by Gasteiger charge is -2.24. The lowest BCUT2D eigenvalue weighted by atomic mass is 9.95. The van der Waals surface area contributed by atoms with E-state index in [0.29, 0.717) is 58.8 Å². The van der Waals surface area contributed by atoms with Gasteiger partial charge < -0.3 is 38.6 Å². The summed E-state index contributed by atoms with van der Waals surface area (Å²) >= 11 is 0. The first-order valence-electron chi connectivity index (χ1n) is 15.5. The third kappa shape index (κ3) is 14.4. The van der Waals surface area contributed by atoms with Gasteiger partial charge in [-0.3, -0.25) is 0 Å². The molecule has 0 saturated heterocycles. The maximum Gasteiger partial charge on any atom is 0.119 e. The van der Waals surface area contributed by atoms with E-state index >= 15 is 0 Å². The lowest BCUT2D eigenvalue weighted by Crippen LogP contribution is -2.32. The summed E-state index contributed by atoms with van der Waals surface area (Å²) in [7, 11) is 0. The average molecular weight is 625 g/mol. The minimum atomic E-state index is -0.628. The van der Waals surface area contributed by atoms with Crippen LogP contribution < -0.4 is 14.2 Å². The SMILES string of the molecule is CCC(C)COc1ccc(N=Nc2ccc(OCc3ccc(OCCOCCOCCOCC(C)(CO)CO)cc3)cc2)cc1. The van der Waals surface area contributed by atoms with Gasteiger partial charge in [0.05, 0.1) is 70.8 Å². The van der Waals surface area contributed by atoms with Crippen LogP contribution in [0.1, 0.15) is 32.8 Å². The van der Waals surface area contributed by atoms with E-state index in [2.05, 4.69) is 24.1 Å². The quantitative estimate of drug-likeness (QED) is 0.0903. The van der Waals surface area contributed by atoms with E-state index in [0.717, 1.165) is 40.6 Å². The maximum absolute atomic E-state index is 9.23. The first-order valence-corrected chi connectivity index (χ1v) is 15.5. The molecule has 10 heteroatoms. The Balaban J connectivity index is 1.25. The van der Waals surface area contributed by atoms with E-state index in [1.165, 1.54) is 0 Å². The van der Waals surface area contributed by atoms with Gasteiger partial charge in [0.2, 0.25) is 0 Å². The van der Waals surface area contributed by atoms with Gasteiger partial charge in [0, 0.05) is 5.41 Å². The van der Waals surface area contributed by atoms with Crippen LogP contribution in [0, 0.1) is 11.3 Å². The topological polar surface area (TPSA) is 121 Å². The number of rotatable bonds is 23. The van der Waals surface area contributed by atoms with E-state index < -0.39 is 5.41 Å². The molecular formula is C35H48N2O8. The molecule has 1 atom stereocenters. The molecule has 3 aromatic rings. The second-order valence-electron chi connectivity index (χ2n) is 11.2. The van der Waals surface area contributed by atoms with Crippen molar-refractivity contribution in [3.8, 4) is 17.2 Å². The molecule has 45 heavy (non-hydrogen) atoms. The number of aliphatic hydroxyl groups excluding tert-OH is 2. The second-order valence-corrected chi connectivity index (χ2v) is 11.2. The number of hydrogen-bond acceptors (Lipinski definition) is 10. The molecule has 246 valence electrons. The van der Waals surface area contributed by atoms with Gasteiger partial charge in [-0.25, -0.2) is 0 Å². The van der Waals surface area contributed by atoms with Crippen molar-refractivity contribution < 1.29 is 38.6 Å². The minimum Gasteiger partial charge on any atom is -0.493 e. The molecule has 0 saturated carbocycles. The van der Waals surface area contributed by atoms with Gasteiger partial charge in [0.1, 0.15) is 30.5 Å². The third-order valence-electron chi connectivity index (χ3n) is 6.97. The van der Waals surface area contributed by atoms with E-state index in [1.807, 2.05) is 72.8 Å². The van der Waals surface area contributed by atoms with Crippen molar-refractivity contribution in [3.05, 3.63) is 78.4 Å². The predicted octanol–water partition coefficient (Wildman–Crippen LogP) is 6.53. The van der Waals surface area contributed by atoms with Gasteiger partial charge in [-0.2, -0.15) is 10.2 Å². The highest BCUT2D eigenvalue weighted by atomic mass is 16.6. The normalized spacial score (nSPS) is 12.4. The van der Waals surface area contributed by atoms with Crippen molar-refractivity contribution in [1.29, 1.82) is 0 Å². The Morgan fingerprint density at radius 1 is 0.622 bits per heavy atom. The second kappa shape index (κ2) is 20.5. The smallest absolute Gasteiger partial charge is 0.119 e. The van der Waals surface area contributed by atoms with Crippen LogP contribution in [0.3, 0.4) is 0 Å². The van der Waals surface area contributed by atoms with Crippen molar-refractivity contribution >= 4 is 11.4 Å². The van der Waals surface area contributed by atoms with E-state index in [1.54, 1.807) is 6.92 Å². The summed E-state index contributed by atoms with van der Waals surface area (Å²) in [6, 6.07) is 22.9. The zero-order valence-corrected chi connectivity index (χ0v) is 26.7. The van der Waals surface area contributed by atoms with Gasteiger partial charge in [-0.1, -0.05) is 39.3 Å². The summed E-state index contributed by atoms with van der Waals surface area (Å²) in [4.78, 5) is 0. The van der Waals surface area contributed by atoms with Crippen LogP contribution in [0.25, 0.3) is 0 Å². The van der Waals surface area contributed by atoms with Crippen LogP contribution in [0.15, 0.2) is 83.0 Å². The molecule has 0 radical (unpaired) electrons. The monoisotopic (exact) mass is 624 g/mol. The molecule has 0 aliphatic carbocycles. The van der Waals surface area contributed by atoms with Gasteiger partial charge >= 0.3 is 0 Å². The summed E-state index contributed by atoms with van der Waals surface area (Å²) in [5.41, 5.74) is 1.90. The summed E-state index contributed by atoms with van der Waals surface area (Å²) in [5, 5.41) is 27.1. The molecule has 1 unspecified atom stereocenters. The first kappa shape index (κ1) is 35.9. The number of nitrogens with zero attached hydrogens (tertiary/aromatic N) is 2.